The molecule has 0 aromatic carbocycles. The molecule has 1 heterocycles. The van der Waals surface area contributed by atoms with Crippen molar-refractivity contribution in [3.8, 4) is 0 Å². The summed E-state index contributed by atoms with van der Waals surface area (Å²) in [6.45, 7) is 1.42. The van der Waals surface area contributed by atoms with Crippen LogP contribution in [0.5, 0.6) is 0 Å². The summed E-state index contributed by atoms with van der Waals surface area (Å²) in [4.78, 5) is 34.1. The smallest absolute Gasteiger partial charge is 0.326 e. The minimum absolute atomic E-state index is 0.236. The molecule has 0 saturated carbocycles. The summed E-state index contributed by atoms with van der Waals surface area (Å²) in [5, 5.41) is 15.2. The van der Waals surface area contributed by atoms with E-state index in [-0.39, 0.29) is 12.5 Å². The second kappa shape index (κ2) is 6.75. The lowest BCUT2D eigenvalue weighted by molar-refractivity contribution is -0.141. The summed E-state index contributed by atoms with van der Waals surface area (Å²) >= 11 is 1.27. The first-order valence-corrected chi connectivity index (χ1v) is 6.26. The highest BCUT2D eigenvalue weighted by atomic mass is 32.1. The zero-order valence-electron chi connectivity index (χ0n) is 9.80. The van der Waals surface area contributed by atoms with E-state index in [1.807, 2.05) is 0 Å². The fourth-order valence-electron chi connectivity index (χ4n) is 1.24. The van der Waals surface area contributed by atoms with Gasteiger partial charge in [0.1, 0.15) is 6.04 Å². The lowest BCUT2D eigenvalue weighted by Crippen LogP contribution is -2.45. The number of hydrogen-bond acceptors (Lipinski definition) is 4. The molecule has 3 N–H and O–H groups in total. The van der Waals surface area contributed by atoms with Gasteiger partial charge in [0.2, 0.25) is 5.91 Å². The summed E-state index contributed by atoms with van der Waals surface area (Å²) in [5.74, 6) is -1.95. The minimum Gasteiger partial charge on any atom is -0.480 e. The second-order valence-corrected chi connectivity index (χ2v) is 4.47. The van der Waals surface area contributed by atoms with Crippen LogP contribution < -0.4 is 10.6 Å². The highest BCUT2D eigenvalue weighted by molar-refractivity contribution is 7.12. The molecule has 1 rings (SSSR count). The predicted octanol–water partition coefficient (Wildman–Crippen LogP) is 0.457. The number of rotatable bonds is 6. The van der Waals surface area contributed by atoms with Crippen molar-refractivity contribution < 1.29 is 19.5 Å². The number of nitrogens with one attached hydrogen (secondary N) is 2. The van der Waals surface area contributed by atoms with E-state index in [0.29, 0.717) is 11.3 Å². The number of aliphatic carboxylic acids is 1. The Morgan fingerprint density at radius 2 is 2.17 bits per heavy atom. The molecule has 18 heavy (non-hydrogen) atoms. The molecule has 1 atom stereocenters. The Kier molecular flexibility index (Phi) is 5.31. The van der Waals surface area contributed by atoms with Gasteiger partial charge < -0.3 is 15.7 Å². The van der Waals surface area contributed by atoms with Crippen LogP contribution in [0.2, 0.25) is 0 Å². The lowest BCUT2D eigenvalue weighted by atomic mass is 10.2. The van der Waals surface area contributed by atoms with E-state index in [1.54, 1.807) is 24.4 Å². The summed E-state index contributed by atoms with van der Waals surface area (Å²) < 4.78 is 0. The number of amides is 2. The topological polar surface area (TPSA) is 95.5 Å². The van der Waals surface area contributed by atoms with Crippen LogP contribution in [0.3, 0.4) is 0 Å². The van der Waals surface area contributed by atoms with E-state index in [1.165, 1.54) is 11.3 Å². The van der Waals surface area contributed by atoms with Crippen LogP contribution in [0.25, 0.3) is 0 Å². The number of carbonyl (C=O) groups excluding carboxylic acids is 2. The van der Waals surface area contributed by atoms with Crippen LogP contribution >= 0.6 is 11.3 Å². The van der Waals surface area contributed by atoms with Crippen molar-refractivity contribution in [2.24, 2.45) is 0 Å². The minimum atomic E-state index is -1.09. The monoisotopic (exact) mass is 270 g/mol. The molecular weight excluding hydrogens is 256 g/mol. The molecule has 98 valence electrons. The zero-order valence-corrected chi connectivity index (χ0v) is 10.6. The van der Waals surface area contributed by atoms with Gasteiger partial charge in [0.25, 0.3) is 5.91 Å². The molecule has 1 aromatic rings. The van der Waals surface area contributed by atoms with Gasteiger partial charge in [0, 0.05) is 0 Å². The summed E-state index contributed by atoms with van der Waals surface area (Å²) in [6.07, 6.45) is 0.292. The van der Waals surface area contributed by atoms with Crippen LogP contribution in [0, 0.1) is 0 Å². The van der Waals surface area contributed by atoms with Gasteiger partial charge in [0.05, 0.1) is 11.4 Å². The average molecular weight is 270 g/mol. The van der Waals surface area contributed by atoms with E-state index in [4.69, 9.17) is 5.11 Å². The first-order valence-electron chi connectivity index (χ1n) is 5.38. The second-order valence-electron chi connectivity index (χ2n) is 3.53. The molecule has 0 bridgehead atoms. The molecule has 0 aliphatic rings. The predicted molar refractivity (Wildman–Crippen MR) is 66.5 cm³/mol. The average Bonchev–Trinajstić information content (AvgIpc) is 2.86. The third-order valence-electron chi connectivity index (χ3n) is 2.20. The number of carboxylic acid groups (broad SMARTS) is 1. The SMILES string of the molecule is CCC(NC(=O)CNC(=O)c1cccs1)C(=O)O. The molecular formula is C11H14N2O4S. The molecule has 7 heteroatoms. The third-order valence-corrected chi connectivity index (χ3v) is 3.06. The fraction of sp³-hybridized carbons (Fsp3) is 0.364. The summed E-state index contributed by atoms with van der Waals surface area (Å²) in [6, 6.07) is 2.46. The molecule has 0 radical (unpaired) electrons. The van der Waals surface area contributed by atoms with Crippen LogP contribution in [-0.4, -0.2) is 35.5 Å². The van der Waals surface area contributed by atoms with E-state index in [2.05, 4.69) is 10.6 Å². The van der Waals surface area contributed by atoms with Gasteiger partial charge in [0.15, 0.2) is 0 Å². The maximum Gasteiger partial charge on any atom is 0.326 e. The van der Waals surface area contributed by atoms with E-state index in [0.717, 1.165) is 0 Å². The van der Waals surface area contributed by atoms with Gasteiger partial charge in [-0.3, -0.25) is 9.59 Å². The first kappa shape index (κ1) is 14.2. The van der Waals surface area contributed by atoms with Gasteiger partial charge in [-0.1, -0.05) is 13.0 Å². The fourth-order valence-corrected chi connectivity index (χ4v) is 1.88. The molecule has 1 aromatic heterocycles. The molecule has 2 amide bonds. The van der Waals surface area contributed by atoms with E-state index < -0.39 is 17.9 Å². The quantitative estimate of drug-likeness (QED) is 0.699. The first-order chi connectivity index (χ1) is 8.54. The maximum atomic E-state index is 11.5. The molecule has 0 aliphatic carbocycles. The zero-order chi connectivity index (χ0) is 13.5. The molecule has 0 saturated heterocycles. The van der Waals surface area contributed by atoms with Crippen molar-refractivity contribution >= 4 is 29.1 Å². The van der Waals surface area contributed by atoms with Crippen LogP contribution in [0.4, 0.5) is 0 Å². The number of hydrogen-bond donors (Lipinski definition) is 3. The summed E-state index contributed by atoms with van der Waals surface area (Å²) in [5.41, 5.74) is 0. The van der Waals surface area contributed by atoms with Crippen molar-refractivity contribution in [1.82, 2.24) is 10.6 Å². The standard InChI is InChI=1S/C11H14N2O4S/c1-2-7(11(16)17)13-9(14)6-12-10(15)8-4-3-5-18-8/h3-5,7H,2,6H2,1H3,(H,12,15)(H,13,14)(H,16,17). The Morgan fingerprint density at radius 3 is 2.67 bits per heavy atom. The van der Waals surface area contributed by atoms with Crippen molar-refractivity contribution in [3.05, 3.63) is 22.4 Å². The third kappa shape index (κ3) is 4.17. The van der Waals surface area contributed by atoms with Gasteiger partial charge in [-0.25, -0.2) is 4.79 Å². The van der Waals surface area contributed by atoms with Crippen LogP contribution in [-0.2, 0) is 9.59 Å². The number of carboxylic acids is 1. The Hall–Kier alpha value is -1.89. The Morgan fingerprint density at radius 1 is 1.44 bits per heavy atom. The van der Waals surface area contributed by atoms with Gasteiger partial charge in [-0.05, 0) is 17.9 Å². The largest absolute Gasteiger partial charge is 0.480 e. The molecule has 6 nitrogen and oxygen atoms in total. The number of carbonyl (C=O) groups is 3. The van der Waals surface area contributed by atoms with E-state index in [9.17, 15) is 14.4 Å². The van der Waals surface area contributed by atoms with Crippen molar-refractivity contribution in [3.63, 3.8) is 0 Å². The summed E-state index contributed by atoms with van der Waals surface area (Å²) in [7, 11) is 0. The molecule has 0 spiro atoms. The maximum absolute atomic E-state index is 11.5. The molecule has 0 aliphatic heterocycles. The Labute approximate surface area is 108 Å². The Balaban J connectivity index is 2.37. The lowest BCUT2D eigenvalue weighted by Gasteiger charge is -2.12. The molecule has 0 fully saturated rings. The molecule has 1 unspecified atom stereocenters. The highest BCUT2D eigenvalue weighted by Gasteiger charge is 2.17. The van der Waals surface area contributed by atoms with Gasteiger partial charge >= 0.3 is 5.97 Å². The van der Waals surface area contributed by atoms with Gasteiger partial charge in [-0.15, -0.1) is 11.3 Å². The van der Waals surface area contributed by atoms with Crippen LogP contribution in [0.15, 0.2) is 17.5 Å². The van der Waals surface area contributed by atoms with Crippen molar-refractivity contribution in [2.45, 2.75) is 19.4 Å². The highest BCUT2D eigenvalue weighted by Crippen LogP contribution is 2.07. The van der Waals surface area contributed by atoms with Crippen molar-refractivity contribution in [2.75, 3.05) is 6.54 Å². The normalized spacial score (nSPS) is 11.6. The van der Waals surface area contributed by atoms with Crippen molar-refractivity contribution in [1.29, 1.82) is 0 Å². The Bertz CT molecular complexity index is 430. The van der Waals surface area contributed by atoms with Crippen LogP contribution in [0.1, 0.15) is 23.0 Å². The number of thiophene rings is 1. The van der Waals surface area contributed by atoms with Gasteiger partial charge in [-0.2, -0.15) is 0 Å². The van der Waals surface area contributed by atoms with E-state index >= 15 is 0 Å².